The number of aromatic amines is 1. The Kier molecular flexibility index (Phi) is 4.16. The molecule has 1 aromatic carbocycles. The molecule has 1 unspecified atom stereocenters. The molecule has 0 radical (unpaired) electrons. The van der Waals surface area contributed by atoms with E-state index in [1.165, 1.54) is 13.2 Å². The Labute approximate surface area is 111 Å². The highest BCUT2D eigenvalue weighted by atomic mass is 19.1. The lowest BCUT2D eigenvalue weighted by Gasteiger charge is -2.06. The number of ether oxygens (including phenoxy) is 1. The lowest BCUT2D eigenvalue weighted by molar-refractivity contribution is 0.386. The number of hydrogen-bond acceptors (Lipinski definition) is 3. The van der Waals surface area contributed by atoms with Crippen molar-refractivity contribution in [2.45, 2.75) is 25.8 Å². The van der Waals surface area contributed by atoms with Crippen LogP contribution in [0.3, 0.4) is 0 Å². The number of benzene rings is 1. The highest BCUT2D eigenvalue weighted by Crippen LogP contribution is 2.25. The number of methoxy groups -OCH3 is 1. The number of rotatable bonds is 5. The smallest absolute Gasteiger partial charge is 0.165 e. The number of nitrogens with zero attached hydrogens (tertiary/aromatic N) is 1. The number of hydrogen-bond donors (Lipinski definition) is 2. The average Bonchev–Trinajstić information content (AvgIpc) is 2.88. The predicted octanol–water partition coefficient (Wildman–Crippen LogP) is 3.02. The molecule has 1 heterocycles. The van der Waals surface area contributed by atoms with Gasteiger partial charge >= 0.3 is 0 Å². The summed E-state index contributed by atoms with van der Waals surface area (Å²) in [5.74, 6) is 0.563. The van der Waals surface area contributed by atoms with Crippen molar-refractivity contribution in [3.8, 4) is 17.0 Å². The van der Waals surface area contributed by atoms with Gasteiger partial charge in [-0.15, -0.1) is 0 Å². The molecule has 0 aliphatic rings. The van der Waals surface area contributed by atoms with E-state index in [9.17, 15) is 4.39 Å². The molecule has 0 bridgehead atoms. The summed E-state index contributed by atoms with van der Waals surface area (Å²) in [6.07, 6.45) is 3.53. The van der Waals surface area contributed by atoms with E-state index in [0.717, 1.165) is 29.9 Å². The molecule has 4 nitrogen and oxygen atoms in total. The number of nitrogens with two attached hydrogens (primary N) is 1. The third-order valence-electron chi connectivity index (χ3n) is 3.01. The highest BCUT2D eigenvalue weighted by molar-refractivity contribution is 5.60. The molecule has 2 aromatic rings. The quantitative estimate of drug-likeness (QED) is 0.871. The first kappa shape index (κ1) is 13.5. The minimum absolute atomic E-state index is 0.109. The van der Waals surface area contributed by atoms with E-state index in [1.807, 2.05) is 0 Å². The number of imidazole rings is 1. The van der Waals surface area contributed by atoms with Crippen molar-refractivity contribution in [2.24, 2.45) is 5.73 Å². The molecule has 3 N–H and O–H groups in total. The summed E-state index contributed by atoms with van der Waals surface area (Å²) in [6, 6.07) is 4.69. The molecular weight excluding hydrogens is 245 g/mol. The second-order valence-electron chi connectivity index (χ2n) is 4.43. The van der Waals surface area contributed by atoms with Crippen LogP contribution in [0.1, 0.15) is 31.6 Å². The zero-order chi connectivity index (χ0) is 13.8. The van der Waals surface area contributed by atoms with Crippen LogP contribution >= 0.6 is 0 Å². The average molecular weight is 263 g/mol. The van der Waals surface area contributed by atoms with E-state index in [2.05, 4.69) is 16.9 Å². The van der Waals surface area contributed by atoms with Crippen molar-refractivity contribution in [1.29, 1.82) is 0 Å². The molecule has 0 saturated carbocycles. The Balaban J connectivity index is 2.25. The van der Waals surface area contributed by atoms with Crippen LogP contribution in [-0.2, 0) is 0 Å². The summed E-state index contributed by atoms with van der Waals surface area (Å²) < 4.78 is 18.5. The summed E-state index contributed by atoms with van der Waals surface area (Å²) in [5.41, 5.74) is 7.46. The predicted molar refractivity (Wildman–Crippen MR) is 72.4 cm³/mol. The van der Waals surface area contributed by atoms with Gasteiger partial charge < -0.3 is 15.5 Å². The SMILES string of the molecule is CCCC(N)c1ncc(-c2ccc(OC)c(F)c2)[nH]1. The Bertz CT molecular complexity index is 553. The Morgan fingerprint density at radius 3 is 2.89 bits per heavy atom. The molecule has 0 spiro atoms. The zero-order valence-electron chi connectivity index (χ0n) is 11.1. The monoisotopic (exact) mass is 263 g/mol. The molecule has 5 heteroatoms. The summed E-state index contributed by atoms with van der Waals surface area (Å²) in [5, 5.41) is 0. The van der Waals surface area contributed by atoms with Crippen LogP contribution in [0.2, 0.25) is 0 Å². The molecule has 102 valence electrons. The Morgan fingerprint density at radius 1 is 1.47 bits per heavy atom. The van der Waals surface area contributed by atoms with Gasteiger partial charge in [0.15, 0.2) is 11.6 Å². The Hall–Kier alpha value is -1.88. The van der Waals surface area contributed by atoms with Crippen molar-refractivity contribution in [2.75, 3.05) is 7.11 Å². The van der Waals surface area contributed by atoms with E-state index < -0.39 is 5.82 Å². The first-order valence-electron chi connectivity index (χ1n) is 6.30. The zero-order valence-corrected chi connectivity index (χ0v) is 11.1. The van der Waals surface area contributed by atoms with Gasteiger partial charge in [-0.2, -0.15) is 0 Å². The standard InChI is InChI=1S/C14H18FN3O/c1-3-4-11(16)14-17-8-12(18-14)9-5-6-13(19-2)10(15)7-9/h5-8,11H,3-4,16H2,1-2H3,(H,17,18). The molecule has 0 saturated heterocycles. The van der Waals surface area contributed by atoms with Crippen molar-refractivity contribution in [1.82, 2.24) is 9.97 Å². The first-order chi connectivity index (χ1) is 9.15. The lowest BCUT2D eigenvalue weighted by atomic mass is 10.1. The normalized spacial score (nSPS) is 12.4. The van der Waals surface area contributed by atoms with Crippen molar-refractivity contribution in [3.63, 3.8) is 0 Å². The van der Waals surface area contributed by atoms with E-state index in [1.54, 1.807) is 18.3 Å². The molecule has 0 fully saturated rings. The Morgan fingerprint density at radius 2 is 2.26 bits per heavy atom. The minimum atomic E-state index is -0.394. The second-order valence-corrected chi connectivity index (χ2v) is 4.43. The molecule has 1 aromatic heterocycles. The van der Waals surface area contributed by atoms with Gasteiger partial charge in [-0.1, -0.05) is 13.3 Å². The van der Waals surface area contributed by atoms with Crippen LogP contribution in [0, 0.1) is 5.82 Å². The lowest BCUT2D eigenvalue weighted by Crippen LogP contribution is -2.11. The van der Waals surface area contributed by atoms with E-state index >= 15 is 0 Å². The van der Waals surface area contributed by atoms with Crippen LogP contribution in [-0.4, -0.2) is 17.1 Å². The third kappa shape index (κ3) is 2.93. The number of halogens is 1. The number of nitrogens with one attached hydrogen (secondary N) is 1. The third-order valence-corrected chi connectivity index (χ3v) is 3.01. The van der Waals surface area contributed by atoms with Crippen molar-refractivity contribution < 1.29 is 9.13 Å². The highest BCUT2D eigenvalue weighted by Gasteiger charge is 2.11. The molecule has 0 aliphatic carbocycles. The molecule has 0 amide bonds. The van der Waals surface area contributed by atoms with Crippen LogP contribution in [0.15, 0.2) is 24.4 Å². The van der Waals surface area contributed by atoms with E-state index in [4.69, 9.17) is 10.5 Å². The fourth-order valence-electron chi connectivity index (χ4n) is 1.95. The number of H-pyrrole nitrogens is 1. The van der Waals surface area contributed by atoms with E-state index in [0.29, 0.717) is 0 Å². The molecule has 0 aliphatic heterocycles. The van der Waals surface area contributed by atoms with Gasteiger partial charge in [0.05, 0.1) is 25.0 Å². The van der Waals surface area contributed by atoms with Crippen LogP contribution < -0.4 is 10.5 Å². The van der Waals surface area contributed by atoms with Gasteiger partial charge in [-0.05, 0) is 24.6 Å². The van der Waals surface area contributed by atoms with Crippen LogP contribution in [0.25, 0.3) is 11.3 Å². The van der Waals surface area contributed by atoms with E-state index in [-0.39, 0.29) is 11.8 Å². The summed E-state index contributed by atoms with van der Waals surface area (Å²) in [6.45, 7) is 2.07. The summed E-state index contributed by atoms with van der Waals surface area (Å²) in [4.78, 5) is 7.38. The molecule has 1 atom stereocenters. The maximum Gasteiger partial charge on any atom is 0.165 e. The topological polar surface area (TPSA) is 63.9 Å². The number of aromatic nitrogens is 2. The molecular formula is C14H18FN3O. The van der Waals surface area contributed by atoms with Gasteiger partial charge in [-0.3, -0.25) is 0 Å². The van der Waals surface area contributed by atoms with Gasteiger partial charge in [0, 0.05) is 5.56 Å². The summed E-state index contributed by atoms with van der Waals surface area (Å²) in [7, 11) is 1.44. The second kappa shape index (κ2) is 5.84. The largest absolute Gasteiger partial charge is 0.494 e. The first-order valence-corrected chi connectivity index (χ1v) is 6.30. The van der Waals surface area contributed by atoms with Gasteiger partial charge in [-0.25, -0.2) is 9.37 Å². The fraction of sp³-hybridized carbons (Fsp3) is 0.357. The molecule has 19 heavy (non-hydrogen) atoms. The maximum atomic E-state index is 13.6. The van der Waals surface area contributed by atoms with Crippen molar-refractivity contribution in [3.05, 3.63) is 36.0 Å². The fourth-order valence-corrected chi connectivity index (χ4v) is 1.95. The minimum Gasteiger partial charge on any atom is -0.494 e. The van der Waals surface area contributed by atoms with Crippen LogP contribution in [0.5, 0.6) is 5.75 Å². The van der Waals surface area contributed by atoms with Crippen molar-refractivity contribution >= 4 is 0 Å². The van der Waals surface area contributed by atoms with Gasteiger partial charge in [0.25, 0.3) is 0 Å². The summed E-state index contributed by atoms with van der Waals surface area (Å²) >= 11 is 0. The van der Waals surface area contributed by atoms with Crippen LogP contribution in [0.4, 0.5) is 4.39 Å². The maximum absolute atomic E-state index is 13.6. The molecule has 2 rings (SSSR count). The van der Waals surface area contributed by atoms with Gasteiger partial charge in [0.1, 0.15) is 5.82 Å². The van der Waals surface area contributed by atoms with Gasteiger partial charge in [0.2, 0.25) is 0 Å².